The summed E-state index contributed by atoms with van der Waals surface area (Å²) in [6.45, 7) is 11.1. The molecule has 1 aliphatic heterocycles. The molecule has 1 aliphatic rings. The van der Waals surface area contributed by atoms with Crippen LogP contribution in [-0.4, -0.2) is 58.4 Å². The fourth-order valence-electron chi connectivity index (χ4n) is 3.32. The van der Waals surface area contributed by atoms with Crippen LogP contribution in [-0.2, 0) is 6.54 Å². The normalized spacial score (nSPS) is 16.6. The van der Waals surface area contributed by atoms with Gasteiger partial charge in [-0.15, -0.1) is 10.2 Å². The molecule has 1 saturated heterocycles. The molecular weight excluding hydrogens is 344 g/mol. The van der Waals surface area contributed by atoms with Crippen LogP contribution in [0.5, 0.6) is 0 Å². The summed E-state index contributed by atoms with van der Waals surface area (Å²) in [5, 5.41) is 15.9. The zero-order valence-electron chi connectivity index (χ0n) is 16.7. The molecule has 1 N–H and O–H groups in total. The van der Waals surface area contributed by atoms with Crippen LogP contribution < -0.4 is 10.2 Å². The van der Waals surface area contributed by atoms with E-state index in [1.165, 1.54) is 0 Å². The average molecular weight is 372 g/mol. The summed E-state index contributed by atoms with van der Waals surface area (Å²) in [5.74, 6) is 0.914. The van der Waals surface area contributed by atoms with Gasteiger partial charge in [-0.2, -0.15) is 0 Å². The summed E-state index contributed by atoms with van der Waals surface area (Å²) in [5.41, 5.74) is 2.26. The Morgan fingerprint density at radius 1 is 1.37 bits per heavy atom. The summed E-state index contributed by atoms with van der Waals surface area (Å²) in [6, 6.07) is 3.57. The van der Waals surface area contributed by atoms with Crippen LogP contribution in [0, 0.1) is 0 Å². The first-order valence-electron chi connectivity index (χ1n) is 9.29. The lowest BCUT2D eigenvalue weighted by atomic mass is 10.0. The molecule has 3 heterocycles. The van der Waals surface area contributed by atoms with E-state index in [0.29, 0.717) is 37.1 Å². The third kappa shape index (κ3) is 4.44. The number of rotatable bonds is 5. The molecule has 0 unspecified atom stereocenters. The number of amides is 1. The number of hydrogen-bond donors (Lipinski definition) is 1. The average Bonchev–Trinajstić information content (AvgIpc) is 3.08. The van der Waals surface area contributed by atoms with Crippen molar-refractivity contribution in [2.45, 2.75) is 45.7 Å². The van der Waals surface area contributed by atoms with Crippen molar-refractivity contribution in [3.63, 3.8) is 0 Å². The zero-order chi connectivity index (χ0) is 19.6. The maximum atomic E-state index is 12.7. The van der Waals surface area contributed by atoms with Gasteiger partial charge in [0, 0.05) is 44.3 Å². The number of carbonyl (C=O) groups excluding carboxylic acids is 1. The van der Waals surface area contributed by atoms with Crippen molar-refractivity contribution in [2.75, 3.05) is 31.6 Å². The summed E-state index contributed by atoms with van der Waals surface area (Å²) in [7, 11) is 1.93. The minimum absolute atomic E-state index is 0.0765. The third-order valence-electron chi connectivity index (χ3n) is 4.75. The van der Waals surface area contributed by atoms with Crippen molar-refractivity contribution in [3.8, 4) is 0 Å². The topological polar surface area (TPSA) is 87.4 Å². The number of piperazine rings is 1. The van der Waals surface area contributed by atoms with Gasteiger partial charge in [-0.05, 0) is 31.9 Å². The molecule has 8 nitrogen and oxygen atoms in total. The predicted molar refractivity (Wildman–Crippen MR) is 103 cm³/mol. The van der Waals surface area contributed by atoms with Crippen molar-refractivity contribution >= 4 is 11.7 Å². The molecule has 0 atom stereocenters. The molecule has 27 heavy (non-hydrogen) atoms. The van der Waals surface area contributed by atoms with Gasteiger partial charge in [-0.25, -0.2) is 0 Å². The second-order valence-corrected chi connectivity index (χ2v) is 8.05. The van der Waals surface area contributed by atoms with E-state index in [1.807, 2.05) is 22.9 Å². The van der Waals surface area contributed by atoms with E-state index < -0.39 is 0 Å². The van der Waals surface area contributed by atoms with Crippen LogP contribution >= 0.6 is 0 Å². The van der Waals surface area contributed by atoms with Crippen LogP contribution in [0.2, 0.25) is 0 Å². The Labute approximate surface area is 159 Å². The Morgan fingerprint density at radius 2 is 2.15 bits per heavy atom. The maximum Gasteiger partial charge on any atom is 0.274 e. The first-order chi connectivity index (χ1) is 12.8. The molecule has 0 aliphatic carbocycles. The Hall–Kier alpha value is -2.48. The number of hydrogen-bond acceptors (Lipinski definition) is 7. The number of anilines is 1. The molecule has 0 aromatic carbocycles. The second kappa shape index (κ2) is 7.64. The molecule has 146 valence electrons. The quantitative estimate of drug-likeness (QED) is 0.859. The molecule has 2 aromatic heterocycles. The molecule has 0 saturated carbocycles. The smallest absolute Gasteiger partial charge is 0.274 e. The van der Waals surface area contributed by atoms with Crippen molar-refractivity contribution < 1.29 is 9.32 Å². The van der Waals surface area contributed by atoms with Gasteiger partial charge >= 0.3 is 0 Å². The lowest BCUT2D eigenvalue weighted by molar-refractivity contribution is 0.0645. The van der Waals surface area contributed by atoms with Crippen LogP contribution in [0.1, 0.15) is 55.4 Å². The summed E-state index contributed by atoms with van der Waals surface area (Å²) in [6.07, 6.45) is 1.67. The molecule has 2 aromatic rings. The number of carbonyl (C=O) groups is 1. The minimum Gasteiger partial charge on any atom is -0.364 e. The summed E-state index contributed by atoms with van der Waals surface area (Å²) >= 11 is 0. The van der Waals surface area contributed by atoms with E-state index in [4.69, 9.17) is 4.52 Å². The number of nitrogens with one attached hydrogen (secondary N) is 1. The predicted octanol–water partition coefficient (Wildman–Crippen LogP) is 2.05. The lowest BCUT2D eigenvalue weighted by Crippen LogP contribution is -2.58. The summed E-state index contributed by atoms with van der Waals surface area (Å²) in [4.78, 5) is 16.5. The van der Waals surface area contributed by atoms with E-state index in [0.717, 1.165) is 17.8 Å². The largest absolute Gasteiger partial charge is 0.364 e. The van der Waals surface area contributed by atoms with Gasteiger partial charge in [-0.1, -0.05) is 19.0 Å². The van der Waals surface area contributed by atoms with Crippen LogP contribution in [0.4, 0.5) is 5.82 Å². The highest BCUT2D eigenvalue weighted by molar-refractivity contribution is 5.92. The summed E-state index contributed by atoms with van der Waals surface area (Å²) < 4.78 is 5.11. The van der Waals surface area contributed by atoms with Gasteiger partial charge in [0.15, 0.2) is 11.5 Å². The van der Waals surface area contributed by atoms with Crippen LogP contribution in [0.25, 0.3) is 0 Å². The molecule has 1 fully saturated rings. The van der Waals surface area contributed by atoms with Gasteiger partial charge < -0.3 is 19.6 Å². The van der Waals surface area contributed by atoms with E-state index in [9.17, 15) is 4.79 Å². The Morgan fingerprint density at radius 3 is 2.78 bits per heavy atom. The monoisotopic (exact) mass is 372 g/mol. The van der Waals surface area contributed by atoms with E-state index in [-0.39, 0.29) is 11.4 Å². The first kappa shape index (κ1) is 19.3. The standard InChI is InChI=1S/C19H28N6O2/c1-13(2)17-14(11-27-23-17)10-24(5)16-7-6-15(21-22-16)18(26)25-9-8-20-19(3,4)12-25/h6-7,11,13,20H,8-10,12H2,1-5H3. The van der Waals surface area contributed by atoms with Gasteiger partial charge in [0.2, 0.25) is 0 Å². The molecule has 8 heteroatoms. The van der Waals surface area contributed by atoms with Crippen molar-refractivity contribution in [1.82, 2.24) is 25.6 Å². The van der Waals surface area contributed by atoms with Crippen LogP contribution in [0.15, 0.2) is 22.9 Å². The molecular formula is C19H28N6O2. The fourth-order valence-corrected chi connectivity index (χ4v) is 3.32. The molecule has 0 bridgehead atoms. The lowest BCUT2D eigenvalue weighted by Gasteiger charge is -2.38. The highest BCUT2D eigenvalue weighted by Crippen LogP contribution is 2.21. The van der Waals surface area contributed by atoms with Gasteiger partial charge in [0.1, 0.15) is 6.26 Å². The molecule has 3 rings (SSSR count). The van der Waals surface area contributed by atoms with E-state index >= 15 is 0 Å². The van der Waals surface area contributed by atoms with Gasteiger partial charge in [-0.3, -0.25) is 4.79 Å². The third-order valence-corrected chi connectivity index (χ3v) is 4.75. The number of aromatic nitrogens is 3. The Kier molecular flexibility index (Phi) is 5.46. The van der Waals surface area contributed by atoms with E-state index in [1.54, 1.807) is 12.3 Å². The Bertz CT molecular complexity index is 784. The SMILES string of the molecule is CC(C)c1nocc1CN(C)c1ccc(C(=O)N2CCNC(C)(C)C2)nn1. The highest BCUT2D eigenvalue weighted by atomic mass is 16.5. The maximum absolute atomic E-state index is 12.7. The molecule has 0 radical (unpaired) electrons. The first-order valence-corrected chi connectivity index (χ1v) is 9.29. The van der Waals surface area contributed by atoms with Crippen molar-refractivity contribution in [2.24, 2.45) is 0 Å². The van der Waals surface area contributed by atoms with Crippen molar-refractivity contribution in [3.05, 3.63) is 35.3 Å². The second-order valence-electron chi connectivity index (χ2n) is 8.05. The highest BCUT2D eigenvalue weighted by Gasteiger charge is 2.29. The number of nitrogens with zero attached hydrogens (tertiary/aromatic N) is 5. The van der Waals surface area contributed by atoms with Gasteiger partial charge in [0.25, 0.3) is 5.91 Å². The minimum atomic E-state index is -0.0890. The van der Waals surface area contributed by atoms with Crippen LogP contribution in [0.3, 0.4) is 0 Å². The van der Waals surface area contributed by atoms with E-state index in [2.05, 4.69) is 48.4 Å². The van der Waals surface area contributed by atoms with Crippen molar-refractivity contribution in [1.29, 1.82) is 0 Å². The van der Waals surface area contributed by atoms with Gasteiger partial charge in [0.05, 0.1) is 5.69 Å². The fraction of sp³-hybridized carbons (Fsp3) is 0.579. The Balaban J connectivity index is 1.67. The zero-order valence-corrected chi connectivity index (χ0v) is 16.7. The molecule has 1 amide bonds. The molecule has 0 spiro atoms.